The number of ether oxygens (including phenoxy) is 1. The lowest BCUT2D eigenvalue weighted by molar-refractivity contribution is 0.0721. The summed E-state index contributed by atoms with van der Waals surface area (Å²) in [4.78, 5) is 19.1. The number of nitrogens with zero attached hydrogens (tertiary/aromatic N) is 5. The van der Waals surface area contributed by atoms with Crippen LogP contribution in [0.15, 0.2) is 47.1 Å². The second-order valence-electron chi connectivity index (χ2n) is 6.74. The first kappa shape index (κ1) is 18.4. The topological polar surface area (TPSA) is 86.3 Å². The number of rotatable bonds is 7. The fraction of sp³-hybridized carbons (Fsp3) is 0.400. The van der Waals surface area contributed by atoms with Crippen LogP contribution in [0.2, 0.25) is 0 Å². The molecule has 0 saturated carbocycles. The highest BCUT2D eigenvalue weighted by Crippen LogP contribution is 2.31. The van der Waals surface area contributed by atoms with Gasteiger partial charge in [-0.15, -0.1) is 0 Å². The first-order chi connectivity index (χ1) is 13.7. The molecule has 1 aliphatic rings. The van der Waals surface area contributed by atoms with E-state index in [4.69, 9.17) is 9.26 Å². The van der Waals surface area contributed by atoms with E-state index in [0.717, 1.165) is 24.9 Å². The molecule has 3 heterocycles. The van der Waals surface area contributed by atoms with Gasteiger partial charge in [0.2, 0.25) is 0 Å². The maximum absolute atomic E-state index is 12.8. The lowest BCUT2D eigenvalue weighted by atomic mass is 10.2. The minimum atomic E-state index is -0.189. The first-order valence-electron chi connectivity index (χ1n) is 9.53. The molecule has 1 unspecified atom stereocenters. The maximum atomic E-state index is 12.8. The third kappa shape index (κ3) is 3.96. The fourth-order valence-electron chi connectivity index (χ4n) is 3.37. The Kier molecular flexibility index (Phi) is 5.48. The van der Waals surface area contributed by atoms with E-state index in [1.807, 2.05) is 43.5 Å². The van der Waals surface area contributed by atoms with Gasteiger partial charge < -0.3 is 14.2 Å². The van der Waals surface area contributed by atoms with Crippen molar-refractivity contribution in [1.82, 2.24) is 24.8 Å². The van der Waals surface area contributed by atoms with E-state index in [0.29, 0.717) is 30.6 Å². The molecule has 1 aliphatic heterocycles. The smallest absolute Gasteiger partial charge is 0.274 e. The van der Waals surface area contributed by atoms with Crippen molar-refractivity contribution in [2.75, 3.05) is 6.54 Å². The molecule has 0 N–H and O–H groups in total. The zero-order valence-electron chi connectivity index (χ0n) is 15.8. The van der Waals surface area contributed by atoms with Gasteiger partial charge in [-0.2, -0.15) is 10.1 Å². The Morgan fingerprint density at radius 2 is 2.11 bits per heavy atom. The number of amides is 1. The molecule has 1 aromatic carbocycles. The molecule has 1 saturated heterocycles. The van der Waals surface area contributed by atoms with Crippen molar-refractivity contribution in [1.29, 1.82) is 0 Å². The Morgan fingerprint density at radius 3 is 2.89 bits per heavy atom. The van der Waals surface area contributed by atoms with Crippen molar-refractivity contribution in [3.63, 3.8) is 0 Å². The molecule has 1 atom stereocenters. The second-order valence-corrected chi connectivity index (χ2v) is 6.74. The Bertz CT molecular complexity index is 921. The zero-order chi connectivity index (χ0) is 19.3. The van der Waals surface area contributed by atoms with Crippen molar-refractivity contribution in [2.45, 2.75) is 45.6 Å². The monoisotopic (exact) mass is 381 g/mol. The number of carbonyl (C=O) groups excluding carboxylic acids is 1. The van der Waals surface area contributed by atoms with Gasteiger partial charge in [-0.25, -0.2) is 0 Å². The number of aryl methyl sites for hydroxylation is 1. The Balaban J connectivity index is 1.38. The molecule has 3 aromatic rings. The predicted octanol–water partition coefficient (Wildman–Crippen LogP) is 2.98. The minimum absolute atomic E-state index is 0.0959. The van der Waals surface area contributed by atoms with Crippen LogP contribution in [0.1, 0.15) is 53.6 Å². The van der Waals surface area contributed by atoms with E-state index in [2.05, 4.69) is 15.2 Å². The molecule has 8 nitrogen and oxygen atoms in total. The van der Waals surface area contributed by atoms with Gasteiger partial charge in [0.05, 0.1) is 12.6 Å². The first-order valence-corrected chi connectivity index (χ1v) is 9.53. The Labute approximate surface area is 163 Å². The fourth-order valence-corrected chi connectivity index (χ4v) is 3.37. The van der Waals surface area contributed by atoms with Gasteiger partial charge in [-0.1, -0.05) is 35.5 Å². The van der Waals surface area contributed by atoms with Gasteiger partial charge in [-0.3, -0.25) is 9.48 Å². The summed E-state index contributed by atoms with van der Waals surface area (Å²) < 4.78 is 12.7. The van der Waals surface area contributed by atoms with Crippen LogP contribution in [-0.4, -0.2) is 37.3 Å². The predicted molar refractivity (Wildman–Crippen MR) is 100 cm³/mol. The Hall–Kier alpha value is -3.00. The third-order valence-electron chi connectivity index (χ3n) is 4.82. The molecule has 2 aromatic heterocycles. The summed E-state index contributed by atoms with van der Waals surface area (Å²) in [5.74, 6) is 0.848. The highest BCUT2D eigenvalue weighted by molar-refractivity contribution is 5.92. The summed E-state index contributed by atoms with van der Waals surface area (Å²) in [6.07, 6.45) is 3.53. The van der Waals surface area contributed by atoms with Crippen LogP contribution in [0.4, 0.5) is 0 Å². The van der Waals surface area contributed by atoms with Crippen molar-refractivity contribution >= 4 is 5.91 Å². The van der Waals surface area contributed by atoms with E-state index in [9.17, 15) is 4.79 Å². The van der Waals surface area contributed by atoms with E-state index >= 15 is 0 Å². The van der Waals surface area contributed by atoms with Crippen LogP contribution in [0.25, 0.3) is 0 Å². The number of hydrogen-bond donors (Lipinski definition) is 0. The van der Waals surface area contributed by atoms with Crippen LogP contribution >= 0.6 is 0 Å². The van der Waals surface area contributed by atoms with Crippen molar-refractivity contribution in [3.05, 3.63) is 65.6 Å². The summed E-state index contributed by atoms with van der Waals surface area (Å²) in [5, 5.41) is 8.40. The highest BCUT2D eigenvalue weighted by atomic mass is 16.5. The van der Waals surface area contributed by atoms with Crippen LogP contribution in [0, 0.1) is 0 Å². The number of aromatic nitrogens is 4. The Morgan fingerprint density at radius 1 is 1.25 bits per heavy atom. The number of benzene rings is 1. The van der Waals surface area contributed by atoms with E-state index in [1.165, 1.54) is 0 Å². The number of carbonyl (C=O) groups is 1. The van der Waals surface area contributed by atoms with Gasteiger partial charge in [0.15, 0.2) is 5.82 Å². The molecule has 0 spiro atoms. The number of hydrogen-bond acceptors (Lipinski definition) is 6. The van der Waals surface area contributed by atoms with Crippen LogP contribution in [0.3, 0.4) is 0 Å². The number of likely N-dealkylation sites (tertiary alicyclic amines) is 1. The molecule has 0 radical (unpaired) electrons. The van der Waals surface area contributed by atoms with Crippen LogP contribution in [-0.2, 0) is 24.5 Å². The van der Waals surface area contributed by atoms with E-state index in [-0.39, 0.29) is 18.6 Å². The lowest BCUT2D eigenvalue weighted by Crippen LogP contribution is -2.31. The highest BCUT2D eigenvalue weighted by Gasteiger charge is 2.34. The summed E-state index contributed by atoms with van der Waals surface area (Å²) in [6.45, 7) is 4.10. The molecule has 146 valence electrons. The quantitative estimate of drug-likeness (QED) is 0.625. The molecule has 1 fully saturated rings. The van der Waals surface area contributed by atoms with Gasteiger partial charge in [0.1, 0.15) is 12.3 Å². The molecule has 1 amide bonds. The average molecular weight is 381 g/mol. The van der Waals surface area contributed by atoms with Crippen LogP contribution < -0.4 is 0 Å². The van der Waals surface area contributed by atoms with Crippen molar-refractivity contribution in [2.24, 2.45) is 0 Å². The molecule has 28 heavy (non-hydrogen) atoms. The van der Waals surface area contributed by atoms with Gasteiger partial charge in [-0.05, 0) is 31.4 Å². The van der Waals surface area contributed by atoms with Gasteiger partial charge in [0.25, 0.3) is 11.8 Å². The van der Waals surface area contributed by atoms with Crippen LogP contribution in [0.5, 0.6) is 0 Å². The molecule has 0 bridgehead atoms. The largest absolute Gasteiger partial charge is 0.367 e. The molecule has 4 rings (SSSR count). The second kappa shape index (κ2) is 8.35. The molecular formula is C20H23N5O3. The van der Waals surface area contributed by atoms with E-state index in [1.54, 1.807) is 15.6 Å². The third-order valence-corrected chi connectivity index (χ3v) is 4.82. The van der Waals surface area contributed by atoms with E-state index < -0.39 is 0 Å². The summed E-state index contributed by atoms with van der Waals surface area (Å²) >= 11 is 0. The summed E-state index contributed by atoms with van der Waals surface area (Å²) in [6, 6.07) is 11.5. The van der Waals surface area contributed by atoms with Crippen molar-refractivity contribution in [3.8, 4) is 0 Å². The van der Waals surface area contributed by atoms with Gasteiger partial charge >= 0.3 is 0 Å². The average Bonchev–Trinajstić information content (AvgIpc) is 3.48. The molecular weight excluding hydrogens is 358 g/mol. The SMILES string of the molecule is CCn1ccc(C(=O)N2CCCC2c2noc(COCc3ccccc3)n2)n1. The molecule has 0 aliphatic carbocycles. The molecule has 8 heteroatoms. The summed E-state index contributed by atoms with van der Waals surface area (Å²) in [5.41, 5.74) is 1.53. The standard InChI is InChI=1S/C20H23N5O3/c1-2-24-12-10-16(22-24)20(26)25-11-6-9-17(25)19-21-18(28-23-19)14-27-13-15-7-4-3-5-8-15/h3-5,7-8,10,12,17H,2,6,9,11,13-14H2,1H3. The van der Waals surface area contributed by atoms with Crippen molar-refractivity contribution < 1.29 is 14.1 Å². The summed E-state index contributed by atoms with van der Waals surface area (Å²) in [7, 11) is 0. The normalized spacial score (nSPS) is 16.6. The lowest BCUT2D eigenvalue weighted by Gasteiger charge is -2.21. The maximum Gasteiger partial charge on any atom is 0.274 e. The van der Waals surface area contributed by atoms with Gasteiger partial charge in [0, 0.05) is 19.3 Å². The zero-order valence-corrected chi connectivity index (χ0v) is 15.8. The minimum Gasteiger partial charge on any atom is -0.367 e.